The summed E-state index contributed by atoms with van der Waals surface area (Å²) >= 11 is 1.48. The lowest BCUT2D eigenvalue weighted by Gasteiger charge is -2.13. The largest absolute Gasteiger partial charge is 0.513 e. The van der Waals surface area contributed by atoms with Crippen molar-refractivity contribution in [1.82, 2.24) is 10.2 Å². The van der Waals surface area contributed by atoms with E-state index in [2.05, 4.69) is 22.8 Å². The van der Waals surface area contributed by atoms with Crippen LogP contribution in [0.25, 0.3) is 16.1 Å². The third kappa shape index (κ3) is 6.85. The molecular formula is C23H28F2N2O2S. The molecule has 30 heavy (non-hydrogen) atoms. The molecule has 0 aliphatic carbocycles. The van der Waals surface area contributed by atoms with Crippen LogP contribution in [0.2, 0.25) is 0 Å². The number of hydrogen-bond donors (Lipinski definition) is 1. The van der Waals surface area contributed by atoms with Gasteiger partial charge in [0.05, 0.1) is 11.9 Å². The SMILES string of the molecule is C=C(O)CCc1ccc(-c2nnc(C(/C=C(/C)C(C)OCC(F)F)=C/C)s2)c(C)c1. The molecule has 0 saturated carbocycles. The van der Waals surface area contributed by atoms with Crippen LogP contribution in [0.1, 0.15) is 43.3 Å². The second-order valence-electron chi connectivity index (χ2n) is 7.13. The van der Waals surface area contributed by atoms with Crippen LogP contribution in [0, 0.1) is 6.92 Å². The topological polar surface area (TPSA) is 55.2 Å². The van der Waals surface area contributed by atoms with E-state index in [1.807, 2.05) is 45.1 Å². The molecule has 1 heterocycles. The van der Waals surface area contributed by atoms with Crippen molar-refractivity contribution in [3.05, 3.63) is 64.4 Å². The molecule has 2 aromatic rings. The summed E-state index contributed by atoms with van der Waals surface area (Å²) in [6, 6.07) is 6.13. The number of aryl methyl sites for hydroxylation is 2. The molecule has 1 aromatic heterocycles. The van der Waals surface area contributed by atoms with E-state index in [1.54, 1.807) is 6.92 Å². The van der Waals surface area contributed by atoms with E-state index < -0.39 is 19.1 Å². The molecule has 1 unspecified atom stereocenters. The fourth-order valence-electron chi connectivity index (χ4n) is 2.84. The van der Waals surface area contributed by atoms with E-state index in [0.717, 1.165) is 44.3 Å². The number of hydrogen-bond acceptors (Lipinski definition) is 5. The number of alkyl halides is 2. The fourth-order valence-corrected chi connectivity index (χ4v) is 3.82. The summed E-state index contributed by atoms with van der Waals surface area (Å²) in [7, 11) is 0. The molecule has 0 aliphatic rings. The van der Waals surface area contributed by atoms with Crippen molar-refractivity contribution in [2.75, 3.05) is 6.61 Å². The Bertz CT molecular complexity index is 935. The normalized spacial score (nSPS) is 13.7. The van der Waals surface area contributed by atoms with Gasteiger partial charge in [-0.1, -0.05) is 48.3 Å². The monoisotopic (exact) mass is 434 g/mol. The molecule has 0 aliphatic heterocycles. The van der Waals surface area contributed by atoms with Gasteiger partial charge in [0.15, 0.2) is 0 Å². The number of halogens is 2. The van der Waals surface area contributed by atoms with E-state index >= 15 is 0 Å². The number of rotatable bonds is 10. The molecule has 1 aromatic carbocycles. The molecule has 1 atom stereocenters. The Morgan fingerprint density at radius 1 is 1.33 bits per heavy atom. The summed E-state index contributed by atoms with van der Waals surface area (Å²) in [5, 5.41) is 19.5. The van der Waals surface area contributed by atoms with Crippen LogP contribution in [0.3, 0.4) is 0 Å². The number of aliphatic hydroxyl groups is 1. The van der Waals surface area contributed by atoms with Crippen LogP contribution < -0.4 is 0 Å². The van der Waals surface area contributed by atoms with E-state index in [1.165, 1.54) is 11.3 Å². The highest BCUT2D eigenvalue weighted by Crippen LogP contribution is 2.31. The Kier molecular flexibility index (Phi) is 8.87. The van der Waals surface area contributed by atoms with E-state index in [0.29, 0.717) is 6.42 Å². The second-order valence-corrected chi connectivity index (χ2v) is 8.10. The van der Waals surface area contributed by atoms with Gasteiger partial charge in [-0.2, -0.15) is 0 Å². The Hall–Kier alpha value is -2.38. The molecule has 162 valence electrons. The first-order valence-corrected chi connectivity index (χ1v) is 10.6. The van der Waals surface area contributed by atoms with E-state index in [-0.39, 0.29) is 5.76 Å². The maximum Gasteiger partial charge on any atom is 0.261 e. The quantitative estimate of drug-likeness (QED) is 0.341. The summed E-state index contributed by atoms with van der Waals surface area (Å²) in [4.78, 5) is 0. The Morgan fingerprint density at radius 3 is 2.67 bits per heavy atom. The minimum atomic E-state index is -2.48. The minimum Gasteiger partial charge on any atom is -0.513 e. The van der Waals surface area contributed by atoms with Crippen molar-refractivity contribution >= 4 is 16.9 Å². The van der Waals surface area contributed by atoms with Gasteiger partial charge in [-0.3, -0.25) is 0 Å². The average molecular weight is 435 g/mol. The van der Waals surface area contributed by atoms with Crippen molar-refractivity contribution in [3.8, 4) is 10.6 Å². The van der Waals surface area contributed by atoms with E-state index in [9.17, 15) is 13.9 Å². The third-order valence-corrected chi connectivity index (χ3v) is 5.71. The summed E-state index contributed by atoms with van der Waals surface area (Å²) < 4.78 is 29.9. The highest BCUT2D eigenvalue weighted by molar-refractivity contribution is 7.15. The first-order chi connectivity index (χ1) is 14.2. The number of benzene rings is 1. The van der Waals surface area contributed by atoms with Crippen LogP contribution in [0.5, 0.6) is 0 Å². The second kappa shape index (κ2) is 11.1. The number of nitrogens with zero attached hydrogens (tertiary/aromatic N) is 2. The fraction of sp³-hybridized carbons (Fsp3) is 0.391. The Labute approximate surface area is 180 Å². The Balaban J connectivity index is 2.18. The van der Waals surface area contributed by atoms with Crippen molar-refractivity contribution in [2.24, 2.45) is 0 Å². The predicted molar refractivity (Wildman–Crippen MR) is 119 cm³/mol. The molecule has 0 radical (unpaired) electrons. The van der Waals surface area contributed by atoms with Gasteiger partial charge in [0, 0.05) is 17.6 Å². The van der Waals surface area contributed by atoms with Crippen LogP contribution in [-0.2, 0) is 11.2 Å². The van der Waals surface area contributed by atoms with Crippen molar-refractivity contribution in [1.29, 1.82) is 0 Å². The smallest absolute Gasteiger partial charge is 0.261 e. The van der Waals surface area contributed by atoms with Gasteiger partial charge in [0.25, 0.3) is 6.43 Å². The standard InChI is InChI=1S/C23H28F2N2O2S/c1-6-19(12-14(2)17(5)29-13-21(24)25)22-26-27-23(30-22)20-10-9-18(11-15(20)3)8-7-16(4)28/h6,9-12,17,21,28H,4,7-8,13H2,1-3,5H3/b14-12-,19-6+. The number of aliphatic hydroxyl groups excluding tert-OH is 1. The minimum absolute atomic E-state index is 0.182. The highest BCUT2D eigenvalue weighted by atomic mass is 32.1. The van der Waals surface area contributed by atoms with Gasteiger partial charge in [-0.25, -0.2) is 8.78 Å². The molecule has 2 rings (SSSR count). The molecule has 1 N–H and O–H groups in total. The Morgan fingerprint density at radius 2 is 2.07 bits per heavy atom. The number of ether oxygens (including phenoxy) is 1. The van der Waals surface area contributed by atoms with Crippen LogP contribution in [0.15, 0.2) is 48.3 Å². The number of aromatic nitrogens is 2. The lowest BCUT2D eigenvalue weighted by Crippen LogP contribution is -2.15. The third-order valence-electron chi connectivity index (χ3n) is 4.70. The van der Waals surface area contributed by atoms with E-state index in [4.69, 9.17) is 4.74 Å². The first kappa shape index (κ1) is 23.9. The highest BCUT2D eigenvalue weighted by Gasteiger charge is 2.14. The predicted octanol–water partition coefficient (Wildman–Crippen LogP) is 6.54. The molecule has 0 saturated heterocycles. The zero-order chi connectivity index (χ0) is 22.3. The molecule has 0 spiro atoms. The van der Waals surface area contributed by atoms with Crippen LogP contribution >= 0.6 is 11.3 Å². The number of allylic oxidation sites excluding steroid dienone is 4. The maximum atomic E-state index is 12.4. The summed E-state index contributed by atoms with van der Waals surface area (Å²) in [6.07, 6.45) is 2.20. The molecule has 0 amide bonds. The van der Waals surface area contributed by atoms with Crippen molar-refractivity contribution in [2.45, 2.75) is 53.1 Å². The molecule has 0 bridgehead atoms. The molecule has 4 nitrogen and oxygen atoms in total. The molecule has 7 heteroatoms. The van der Waals surface area contributed by atoms with Gasteiger partial charge in [0.1, 0.15) is 16.6 Å². The zero-order valence-corrected chi connectivity index (χ0v) is 18.6. The van der Waals surface area contributed by atoms with Gasteiger partial charge in [-0.15, -0.1) is 10.2 Å². The zero-order valence-electron chi connectivity index (χ0n) is 17.8. The van der Waals surface area contributed by atoms with Crippen LogP contribution in [0.4, 0.5) is 8.78 Å². The van der Waals surface area contributed by atoms with Crippen molar-refractivity contribution < 1.29 is 18.6 Å². The van der Waals surface area contributed by atoms with Gasteiger partial charge in [0.2, 0.25) is 0 Å². The maximum absolute atomic E-state index is 12.4. The van der Waals surface area contributed by atoms with Gasteiger partial charge < -0.3 is 9.84 Å². The summed E-state index contributed by atoms with van der Waals surface area (Å²) in [5.41, 5.74) is 4.93. The lowest BCUT2D eigenvalue weighted by molar-refractivity contribution is -0.00443. The van der Waals surface area contributed by atoms with Crippen molar-refractivity contribution in [3.63, 3.8) is 0 Å². The first-order valence-electron chi connectivity index (χ1n) is 9.76. The van der Waals surface area contributed by atoms with Gasteiger partial charge >= 0.3 is 0 Å². The van der Waals surface area contributed by atoms with Gasteiger partial charge in [-0.05, 0) is 50.8 Å². The summed E-state index contributed by atoms with van der Waals surface area (Å²) in [5.74, 6) is 0.182. The molecule has 0 fully saturated rings. The average Bonchev–Trinajstić information content (AvgIpc) is 3.17. The van der Waals surface area contributed by atoms with Crippen LogP contribution in [-0.4, -0.2) is 34.4 Å². The summed E-state index contributed by atoms with van der Waals surface area (Å²) in [6.45, 7) is 10.5. The lowest BCUT2D eigenvalue weighted by atomic mass is 10.0. The molecular weight excluding hydrogens is 406 g/mol.